The van der Waals surface area contributed by atoms with Gasteiger partial charge in [-0.2, -0.15) is 0 Å². The van der Waals surface area contributed by atoms with Gasteiger partial charge in [0.25, 0.3) is 5.91 Å². The molecule has 1 atom stereocenters. The highest BCUT2D eigenvalue weighted by molar-refractivity contribution is 6.05. The van der Waals surface area contributed by atoms with Crippen molar-refractivity contribution in [1.29, 1.82) is 0 Å². The molecule has 2 saturated heterocycles. The summed E-state index contributed by atoms with van der Waals surface area (Å²) in [5.41, 5.74) is 4.02. The number of hydrogen-bond donors (Lipinski definition) is 1. The molecule has 184 valence electrons. The van der Waals surface area contributed by atoms with Crippen LogP contribution in [0.2, 0.25) is 0 Å². The molecular formula is C27H30FN3O4. The number of methoxy groups -OCH3 is 1. The van der Waals surface area contributed by atoms with Crippen LogP contribution in [-0.4, -0.2) is 53.8 Å². The Morgan fingerprint density at radius 1 is 1.09 bits per heavy atom. The van der Waals surface area contributed by atoms with Crippen molar-refractivity contribution >= 4 is 17.7 Å². The first-order valence-corrected chi connectivity index (χ1v) is 12.2. The van der Waals surface area contributed by atoms with E-state index in [0.29, 0.717) is 17.5 Å². The number of nitrogens with zero attached hydrogens (tertiary/aromatic N) is 2. The van der Waals surface area contributed by atoms with Crippen molar-refractivity contribution < 1.29 is 23.5 Å². The minimum Gasteiger partial charge on any atom is -0.496 e. The number of rotatable bonds is 5. The lowest BCUT2D eigenvalue weighted by Crippen LogP contribution is -2.52. The van der Waals surface area contributed by atoms with E-state index in [2.05, 4.69) is 22.3 Å². The molecule has 0 spiro atoms. The highest BCUT2D eigenvalue weighted by Crippen LogP contribution is 2.36. The normalized spacial score (nSPS) is 21.3. The molecule has 0 radical (unpaired) electrons. The van der Waals surface area contributed by atoms with Gasteiger partial charge in [0, 0.05) is 30.6 Å². The number of aryl methyl sites for hydroxylation is 1. The first-order valence-electron chi connectivity index (χ1n) is 12.2. The topological polar surface area (TPSA) is 79.0 Å². The molecule has 3 heterocycles. The number of halogens is 1. The molecule has 2 fully saturated rings. The van der Waals surface area contributed by atoms with E-state index in [-0.39, 0.29) is 36.5 Å². The van der Waals surface area contributed by atoms with Crippen LogP contribution in [0.4, 0.5) is 4.39 Å². The summed E-state index contributed by atoms with van der Waals surface area (Å²) in [5.74, 6) is -0.516. The van der Waals surface area contributed by atoms with E-state index in [0.717, 1.165) is 54.9 Å². The number of piperidine rings is 2. The maximum absolute atomic E-state index is 15.2. The molecule has 3 aliphatic heterocycles. The summed E-state index contributed by atoms with van der Waals surface area (Å²) < 4.78 is 20.7. The molecule has 3 amide bonds. The summed E-state index contributed by atoms with van der Waals surface area (Å²) in [7, 11) is 1.69. The van der Waals surface area contributed by atoms with Crippen molar-refractivity contribution in [3.05, 3.63) is 64.0 Å². The van der Waals surface area contributed by atoms with E-state index in [1.807, 2.05) is 19.1 Å². The summed E-state index contributed by atoms with van der Waals surface area (Å²) in [5, 5.41) is 2.30. The zero-order valence-electron chi connectivity index (χ0n) is 20.1. The number of imide groups is 1. The third-order valence-electron chi connectivity index (χ3n) is 7.50. The highest BCUT2D eigenvalue weighted by Gasteiger charge is 2.40. The number of benzene rings is 2. The third-order valence-corrected chi connectivity index (χ3v) is 7.50. The lowest BCUT2D eigenvalue weighted by molar-refractivity contribution is -0.136. The van der Waals surface area contributed by atoms with Gasteiger partial charge < -0.3 is 9.64 Å². The predicted octanol–water partition coefficient (Wildman–Crippen LogP) is 3.28. The van der Waals surface area contributed by atoms with Gasteiger partial charge in [0.05, 0.1) is 7.11 Å². The molecular weight excluding hydrogens is 449 g/mol. The van der Waals surface area contributed by atoms with E-state index in [4.69, 9.17) is 4.74 Å². The number of amides is 3. The van der Waals surface area contributed by atoms with Gasteiger partial charge in [-0.3, -0.25) is 24.6 Å². The van der Waals surface area contributed by atoms with E-state index in [9.17, 15) is 14.4 Å². The second kappa shape index (κ2) is 9.41. The molecule has 5 rings (SSSR count). The highest BCUT2D eigenvalue weighted by atomic mass is 19.1. The van der Waals surface area contributed by atoms with Crippen LogP contribution in [0.1, 0.15) is 64.2 Å². The smallest absolute Gasteiger partial charge is 0.255 e. The van der Waals surface area contributed by atoms with Gasteiger partial charge in [0.1, 0.15) is 17.6 Å². The fourth-order valence-corrected chi connectivity index (χ4v) is 5.55. The Bertz CT molecular complexity index is 1190. The van der Waals surface area contributed by atoms with Gasteiger partial charge in [0.15, 0.2) is 0 Å². The number of carbonyl (C=O) groups is 3. The van der Waals surface area contributed by atoms with Crippen molar-refractivity contribution in [1.82, 2.24) is 15.1 Å². The predicted molar refractivity (Wildman–Crippen MR) is 127 cm³/mol. The molecule has 1 unspecified atom stereocenters. The Kier molecular flexibility index (Phi) is 6.32. The molecule has 0 saturated carbocycles. The number of nitrogens with one attached hydrogen (secondary N) is 1. The Balaban J connectivity index is 1.26. The summed E-state index contributed by atoms with van der Waals surface area (Å²) in [6.07, 6.45) is 2.15. The van der Waals surface area contributed by atoms with Crippen molar-refractivity contribution in [2.75, 3.05) is 20.2 Å². The zero-order valence-corrected chi connectivity index (χ0v) is 20.1. The number of fused-ring (bicyclic) bond motifs is 1. The molecule has 0 aliphatic carbocycles. The minimum atomic E-state index is -0.693. The average Bonchev–Trinajstić information content (AvgIpc) is 3.15. The summed E-state index contributed by atoms with van der Waals surface area (Å²) in [6, 6.07) is 8.69. The third kappa shape index (κ3) is 4.55. The van der Waals surface area contributed by atoms with Crippen molar-refractivity contribution in [3.8, 4) is 5.75 Å². The van der Waals surface area contributed by atoms with Crippen LogP contribution in [0.5, 0.6) is 5.75 Å². The Hall–Kier alpha value is -3.26. The molecule has 2 aromatic carbocycles. The van der Waals surface area contributed by atoms with Gasteiger partial charge in [-0.05, 0) is 74.0 Å². The van der Waals surface area contributed by atoms with Crippen LogP contribution in [0, 0.1) is 12.7 Å². The van der Waals surface area contributed by atoms with Crippen molar-refractivity contribution in [2.45, 2.75) is 57.7 Å². The molecule has 8 heteroatoms. The van der Waals surface area contributed by atoms with Gasteiger partial charge in [0.2, 0.25) is 11.8 Å². The second-order valence-corrected chi connectivity index (χ2v) is 9.80. The van der Waals surface area contributed by atoms with Crippen molar-refractivity contribution in [3.63, 3.8) is 0 Å². The molecule has 0 aromatic heterocycles. The molecule has 35 heavy (non-hydrogen) atoms. The fraction of sp³-hybridized carbons (Fsp3) is 0.444. The molecule has 7 nitrogen and oxygen atoms in total. The first kappa shape index (κ1) is 23.5. The lowest BCUT2D eigenvalue weighted by Gasteiger charge is -2.32. The standard InChI is InChI=1S/C27H30FN3O4/c1-16-3-4-18(24(11-16)35-2)14-30-9-7-17(8-10-30)20-12-19-15-31(27(34)21(19)13-22(20)28)23-5-6-25(32)29-26(23)33/h3-4,11-13,17,23H,5-10,14-15H2,1-2H3,(H,29,32,33). The van der Waals surface area contributed by atoms with Crippen LogP contribution in [-0.2, 0) is 22.7 Å². The minimum absolute atomic E-state index is 0.0798. The average molecular weight is 480 g/mol. The maximum Gasteiger partial charge on any atom is 0.255 e. The fourth-order valence-electron chi connectivity index (χ4n) is 5.55. The summed E-state index contributed by atoms with van der Waals surface area (Å²) >= 11 is 0. The lowest BCUT2D eigenvalue weighted by atomic mass is 9.87. The number of ether oxygens (including phenoxy) is 1. The van der Waals surface area contributed by atoms with Crippen LogP contribution >= 0.6 is 0 Å². The van der Waals surface area contributed by atoms with Crippen LogP contribution in [0.3, 0.4) is 0 Å². The zero-order chi connectivity index (χ0) is 24.7. The van der Waals surface area contributed by atoms with Crippen LogP contribution in [0.15, 0.2) is 30.3 Å². The first-order chi connectivity index (χ1) is 16.8. The van der Waals surface area contributed by atoms with Gasteiger partial charge in [-0.15, -0.1) is 0 Å². The maximum atomic E-state index is 15.2. The second-order valence-electron chi connectivity index (χ2n) is 9.80. The largest absolute Gasteiger partial charge is 0.496 e. The van der Waals surface area contributed by atoms with E-state index < -0.39 is 11.9 Å². The van der Waals surface area contributed by atoms with Crippen LogP contribution < -0.4 is 10.1 Å². The van der Waals surface area contributed by atoms with E-state index in [1.165, 1.54) is 11.0 Å². The molecule has 0 bridgehead atoms. The Labute approximate surface area is 204 Å². The SMILES string of the molecule is COc1cc(C)ccc1CN1CCC(c2cc3c(cc2F)C(=O)N(C2CCC(=O)NC2=O)C3)CC1. The number of likely N-dealkylation sites (tertiary alicyclic amines) is 1. The Morgan fingerprint density at radius 3 is 2.57 bits per heavy atom. The molecule has 3 aliphatic rings. The van der Waals surface area contributed by atoms with Gasteiger partial charge in [-0.1, -0.05) is 18.2 Å². The number of hydrogen-bond acceptors (Lipinski definition) is 5. The number of carbonyl (C=O) groups excluding carboxylic acids is 3. The monoisotopic (exact) mass is 479 g/mol. The van der Waals surface area contributed by atoms with Gasteiger partial charge in [-0.25, -0.2) is 4.39 Å². The quantitative estimate of drug-likeness (QED) is 0.666. The van der Waals surface area contributed by atoms with Gasteiger partial charge >= 0.3 is 0 Å². The van der Waals surface area contributed by atoms with E-state index in [1.54, 1.807) is 7.11 Å². The van der Waals surface area contributed by atoms with Crippen LogP contribution in [0.25, 0.3) is 0 Å². The molecule has 2 aromatic rings. The van der Waals surface area contributed by atoms with E-state index >= 15 is 4.39 Å². The summed E-state index contributed by atoms with van der Waals surface area (Å²) in [6.45, 7) is 4.79. The Morgan fingerprint density at radius 2 is 1.86 bits per heavy atom. The van der Waals surface area contributed by atoms with Crippen molar-refractivity contribution in [2.24, 2.45) is 0 Å². The summed E-state index contributed by atoms with van der Waals surface area (Å²) in [4.78, 5) is 40.5. The molecule has 1 N–H and O–H groups in total.